The summed E-state index contributed by atoms with van der Waals surface area (Å²) in [6, 6.07) is 5.52. The molecular weight excluding hydrogens is 510 g/mol. The van der Waals surface area contributed by atoms with Gasteiger partial charge in [0, 0.05) is 45.1 Å². The van der Waals surface area contributed by atoms with Crippen molar-refractivity contribution < 1.29 is 28.9 Å². The highest BCUT2D eigenvalue weighted by atomic mass is 35.5. The Kier molecular flexibility index (Phi) is 18.8. The number of primary amides is 1. The standard InChI is InChI=1S/C28H49N3O6.ClH/c1-19(2)22(16-21-10-11-25(36-5)26(17-21)37-14-8-13-35-4)18-23(29)24(32)15-20(3)28(34)31-12-7-6-9-27(30)33;/h10-11,17,19-20,22-24,32H,6-9,12-16,18,29H2,1-5H3,(H2,30,33)(H,31,34);1H/t20-,22+,23+,24+;/m1./s1. The van der Waals surface area contributed by atoms with Crippen LogP contribution in [-0.4, -0.2) is 63.0 Å². The lowest BCUT2D eigenvalue weighted by Gasteiger charge is -2.28. The van der Waals surface area contributed by atoms with Gasteiger partial charge in [0.1, 0.15) is 0 Å². The third-order valence-corrected chi connectivity index (χ3v) is 6.68. The van der Waals surface area contributed by atoms with Crippen LogP contribution in [0.15, 0.2) is 18.2 Å². The Labute approximate surface area is 234 Å². The summed E-state index contributed by atoms with van der Waals surface area (Å²) in [5.41, 5.74) is 12.7. The summed E-state index contributed by atoms with van der Waals surface area (Å²) in [4.78, 5) is 23.2. The maximum Gasteiger partial charge on any atom is 0.222 e. The number of carbonyl (C=O) groups excluding carboxylic acids is 2. The topological polar surface area (TPSA) is 146 Å². The van der Waals surface area contributed by atoms with Crippen LogP contribution in [0, 0.1) is 17.8 Å². The van der Waals surface area contributed by atoms with Crippen LogP contribution < -0.4 is 26.3 Å². The predicted octanol–water partition coefficient (Wildman–Crippen LogP) is 3.22. The van der Waals surface area contributed by atoms with E-state index in [9.17, 15) is 14.7 Å². The number of ether oxygens (including phenoxy) is 3. The molecule has 0 saturated heterocycles. The molecule has 0 aliphatic rings. The van der Waals surface area contributed by atoms with Crippen LogP contribution in [0.5, 0.6) is 11.5 Å². The number of nitrogens with two attached hydrogens (primary N) is 2. The second-order valence-electron chi connectivity index (χ2n) is 10.2. The molecule has 0 bridgehead atoms. The van der Waals surface area contributed by atoms with Crippen molar-refractivity contribution in [3.05, 3.63) is 23.8 Å². The van der Waals surface area contributed by atoms with E-state index in [1.807, 2.05) is 18.2 Å². The Bertz CT molecular complexity index is 811. The second-order valence-corrected chi connectivity index (χ2v) is 10.2. The minimum absolute atomic E-state index is 0. The van der Waals surface area contributed by atoms with E-state index < -0.39 is 12.1 Å². The van der Waals surface area contributed by atoms with Gasteiger partial charge in [0.25, 0.3) is 0 Å². The number of methoxy groups -OCH3 is 2. The number of hydrogen-bond donors (Lipinski definition) is 4. The molecule has 1 aromatic rings. The zero-order chi connectivity index (χ0) is 27.8. The number of halogens is 1. The number of amides is 2. The molecule has 0 fully saturated rings. The first-order valence-electron chi connectivity index (χ1n) is 13.4. The summed E-state index contributed by atoms with van der Waals surface area (Å²) in [6.07, 6.45) is 3.36. The largest absolute Gasteiger partial charge is 0.493 e. The predicted molar refractivity (Wildman–Crippen MR) is 153 cm³/mol. The number of hydrogen-bond acceptors (Lipinski definition) is 7. The van der Waals surface area contributed by atoms with Crippen molar-refractivity contribution in [2.75, 3.05) is 34.0 Å². The molecule has 0 aliphatic heterocycles. The van der Waals surface area contributed by atoms with Crippen molar-refractivity contribution in [3.8, 4) is 11.5 Å². The van der Waals surface area contributed by atoms with Crippen LogP contribution >= 0.6 is 12.4 Å². The number of aliphatic hydroxyl groups excluding tert-OH is 1. The van der Waals surface area contributed by atoms with Crippen LogP contribution in [-0.2, 0) is 20.7 Å². The summed E-state index contributed by atoms with van der Waals surface area (Å²) < 4.78 is 16.5. The Balaban J connectivity index is 0.0000137. The first-order valence-corrected chi connectivity index (χ1v) is 13.4. The van der Waals surface area contributed by atoms with E-state index in [2.05, 4.69) is 19.2 Å². The molecule has 0 aliphatic carbocycles. The van der Waals surface area contributed by atoms with Gasteiger partial charge in [0.2, 0.25) is 11.8 Å². The molecule has 38 heavy (non-hydrogen) atoms. The number of aliphatic hydroxyl groups is 1. The molecule has 0 unspecified atom stereocenters. The molecule has 6 N–H and O–H groups in total. The van der Waals surface area contributed by atoms with Gasteiger partial charge in [-0.3, -0.25) is 9.59 Å². The average Bonchev–Trinajstić information content (AvgIpc) is 2.85. The first-order chi connectivity index (χ1) is 17.6. The van der Waals surface area contributed by atoms with Crippen molar-refractivity contribution in [2.24, 2.45) is 29.2 Å². The fourth-order valence-electron chi connectivity index (χ4n) is 4.20. The third kappa shape index (κ3) is 14.2. The van der Waals surface area contributed by atoms with Gasteiger partial charge in [-0.15, -0.1) is 12.4 Å². The van der Waals surface area contributed by atoms with E-state index in [0.717, 1.165) is 18.4 Å². The van der Waals surface area contributed by atoms with Gasteiger partial charge in [-0.05, 0) is 61.6 Å². The molecule has 10 heteroatoms. The molecule has 9 nitrogen and oxygen atoms in total. The Hall–Kier alpha value is -2.07. The van der Waals surface area contributed by atoms with Crippen molar-refractivity contribution in [2.45, 2.75) is 77.9 Å². The smallest absolute Gasteiger partial charge is 0.222 e. The average molecular weight is 560 g/mol. The van der Waals surface area contributed by atoms with E-state index in [4.69, 9.17) is 25.7 Å². The lowest BCUT2D eigenvalue weighted by molar-refractivity contribution is -0.125. The maximum absolute atomic E-state index is 12.4. The monoisotopic (exact) mass is 559 g/mol. The Morgan fingerprint density at radius 3 is 2.34 bits per heavy atom. The minimum atomic E-state index is -0.785. The van der Waals surface area contributed by atoms with Gasteiger partial charge in [-0.1, -0.05) is 26.8 Å². The van der Waals surface area contributed by atoms with Crippen molar-refractivity contribution in [1.29, 1.82) is 0 Å². The fraction of sp³-hybridized carbons (Fsp3) is 0.714. The van der Waals surface area contributed by atoms with Gasteiger partial charge in [0.05, 0.1) is 19.8 Å². The number of carbonyl (C=O) groups is 2. The number of benzene rings is 1. The third-order valence-electron chi connectivity index (χ3n) is 6.68. The molecule has 0 aromatic heterocycles. The zero-order valence-electron chi connectivity index (χ0n) is 23.7. The van der Waals surface area contributed by atoms with Gasteiger partial charge < -0.3 is 36.1 Å². The van der Waals surface area contributed by atoms with E-state index in [-0.39, 0.29) is 36.1 Å². The van der Waals surface area contributed by atoms with E-state index >= 15 is 0 Å². The Morgan fingerprint density at radius 1 is 1.03 bits per heavy atom. The Morgan fingerprint density at radius 2 is 1.74 bits per heavy atom. The number of rotatable bonds is 20. The summed E-state index contributed by atoms with van der Waals surface area (Å²) in [7, 11) is 3.29. The van der Waals surface area contributed by atoms with Gasteiger partial charge in [0.15, 0.2) is 11.5 Å². The highest BCUT2D eigenvalue weighted by molar-refractivity contribution is 5.85. The van der Waals surface area contributed by atoms with Crippen LogP contribution in [0.3, 0.4) is 0 Å². The van der Waals surface area contributed by atoms with Crippen LogP contribution in [0.25, 0.3) is 0 Å². The first kappa shape index (κ1) is 35.9. The lowest BCUT2D eigenvalue weighted by Crippen LogP contribution is -2.41. The summed E-state index contributed by atoms with van der Waals surface area (Å²) in [6.45, 7) is 7.76. The minimum Gasteiger partial charge on any atom is -0.493 e. The van der Waals surface area contributed by atoms with Crippen LogP contribution in [0.2, 0.25) is 0 Å². The maximum atomic E-state index is 12.4. The normalized spacial score (nSPS) is 14.2. The van der Waals surface area contributed by atoms with E-state index in [0.29, 0.717) is 69.3 Å². The van der Waals surface area contributed by atoms with Crippen molar-refractivity contribution in [3.63, 3.8) is 0 Å². The van der Waals surface area contributed by atoms with Gasteiger partial charge in [-0.25, -0.2) is 0 Å². The molecule has 4 atom stereocenters. The molecule has 1 rings (SSSR count). The molecular formula is C28H50ClN3O6. The van der Waals surface area contributed by atoms with Crippen LogP contribution in [0.4, 0.5) is 0 Å². The molecule has 0 radical (unpaired) electrons. The van der Waals surface area contributed by atoms with Gasteiger partial charge >= 0.3 is 0 Å². The number of nitrogens with one attached hydrogen (secondary N) is 1. The van der Waals surface area contributed by atoms with E-state index in [1.165, 1.54) is 0 Å². The van der Waals surface area contributed by atoms with Crippen molar-refractivity contribution in [1.82, 2.24) is 5.32 Å². The van der Waals surface area contributed by atoms with Crippen LogP contribution in [0.1, 0.15) is 64.9 Å². The SMILES string of the molecule is COCCCOc1cc(C[C@@H](C[C@H](N)[C@@H](O)C[C@@H](C)C(=O)NCCCCC(N)=O)C(C)C)ccc1OC.Cl. The quantitative estimate of drug-likeness (QED) is 0.179. The second kappa shape index (κ2) is 19.9. The van der Waals surface area contributed by atoms with Gasteiger partial charge in [-0.2, -0.15) is 0 Å². The van der Waals surface area contributed by atoms with E-state index in [1.54, 1.807) is 21.1 Å². The molecule has 2 amide bonds. The lowest BCUT2D eigenvalue weighted by atomic mass is 9.82. The fourth-order valence-corrected chi connectivity index (χ4v) is 4.20. The summed E-state index contributed by atoms with van der Waals surface area (Å²) in [5.74, 6) is 1.17. The summed E-state index contributed by atoms with van der Waals surface area (Å²) in [5, 5.41) is 13.6. The molecule has 220 valence electrons. The molecule has 0 spiro atoms. The van der Waals surface area contributed by atoms with Crippen molar-refractivity contribution >= 4 is 24.2 Å². The highest BCUT2D eigenvalue weighted by Crippen LogP contribution is 2.31. The zero-order valence-corrected chi connectivity index (χ0v) is 24.6. The summed E-state index contributed by atoms with van der Waals surface area (Å²) >= 11 is 0. The molecule has 1 aromatic carbocycles. The number of unbranched alkanes of at least 4 members (excludes halogenated alkanes) is 1. The highest BCUT2D eigenvalue weighted by Gasteiger charge is 2.26. The molecule has 0 heterocycles. The molecule has 0 saturated carbocycles.